The first-order valence-corrected chi connectivity index (χ1v) is 10.6. The zero-order valence-corrected chi connectivity index (χ0v) is 16.7. The van der Waals surface area contributed by atoms with E-state index in [1.165, 1.54) is 23.1 Å². The van der Waals surface area contributed by atoms with Crippen molar-refractivity contribution in [2.24, 2.45) is 0 Å². The van der Waals surface area contributed by atoms with Gasteiger partial charge >= 0.3 is 0 Å². The summed E-state index contributed by atoms with van der Waals surface area (Å²) in [6, 6.07) is 3.95. The van der Waals surface area contributed by atoms with Gasteiger partial charge in [0.05, 0.1) is 17.7 Å². The van der Waals surface area contributed by atoms with Crippen molar-refractivity contribution in [1.82, 2.24) is 14.9 Å². The van der Waals surface area contributed by atoms with Crippen LogP contribution in [0.2, 0.25) is 0 Å². The lowest BCUT2D eigenvalue weighted by Gasteiger charge is -2.10. The predicted molar refractivity (Wildman–Crippen MR) is 106 cm³/mol. The summed E-state index contributed by atoms with van der Waals surface area (Å²) < 4.78 is 1.65. The molecule has 3 aromatic rings. The van der Waals surface area contributed by atoms with Crippen LogP contribution < -0.4 is 10.9 Å². The molecule has 0 bridgehead atoms. The summed E-state index contributed by atoms with van der Waals surface area (Å²) in [7, 11) is 0. The lowest BCUT2D eigenvalue weighted by Crippen LogP contribution is -2.26. The summed E-state index contributed by atoms with van der Waals surface area (Å²) in [5.41, 5.74) is 0.987. The van der Waals surface area contributed by atoms with Crippen LogP contribution in [-0.4, -0.2) is 21.2 Å². The molecule has 3 aromatic heterocycles. The Morgan fingerprint density at radius 3 is 2.88 bits per heavy atom. The molecule has 0 atom stereocenters. The zero-order valence-electron chi connectivity index (χ0n) is 14.3. The molecular weight excluding hydrogens is 374 g/mol. The number of aryl methyl sites for hydroxylation is 2. The van der Waals surface area contributed by atoms with E-state index in [1.54, 1.807) is 15.9 Å². The molecule has 0 aliphatic heterocycles. The maximum atomic E-state index is 12.8. The van der Waals surface area contributed by atoms with Crippen molar-refractivity contribution in [3.05, 3.63) is 43.2 Å². The Bertz CT molecular complexity index is 958. The van der Waals surface area contributed by atoms with Gasteiger partial charge in [-0.3, -0.25) is 14.2 Å². The molecule has 3 heterocycles. The van der Waals surface area contributed by atoms with Crippen LogP contribution in [-0.2, 0) is 17.9 Å². The van der Waals surface area contributed by atoms with Crippen LogP contribution in [0.3, 0.4) is 0 Å². The van der Waals surface area contributed by atoms with E-state index in [0.717, 1.165) is 20.1 Å². The van der Waals surface area contributed by atoms with E-state index in [1.807, 2.05) is 38.3 Å². The van der Waals surface area contributed by atoms with Gasteiger partial charge in [-0.1, -0.05) is 17.8 Å². The highest BCUT2D eigenvalue weighted by molar-refractivity contribution is 7.99. The molecule has 0 aliphatic carbocycles. The van der Waals surface area contributed by atoms with Gasteiger partial charge in [-0.05, 0) is 37.8 Å². The van der Waals surface area contributed by atoms with E-state index in [9.17, 15) is 9.59 Å². The fraction of sp³-hybridized carbons (Fsp3) is 0.353. The molecular formula is C17H19N3O2S3. The molecule has 1 amide bonds. The summed E-state index contributed by atoms with van der Waals surface area (Å²) in [5.74, 6) is 0.182. The van der Waals surface area contributed by atoms with Crippen LogP contribution in [0.25, 0.3) is 10.2 Å². The molecule has 25 heavy (non-hydrogen) atoms. The van der Waals surface area contributed by atoms with Crippen LogP contribution in [0.5, 0.6) is 0 Å². The van der Waals surface area contributed by atoms with Crippen molar-refractivity contribution in [1.29, 1.82) is 0 Å². The number of carbonyl (C=O) groups excluding carboxylic acids is 1. The minimum atomic E-state index is -0.0612. The zero-order chi connectivity index (χ0) is 18.0. The molecule has 3 rings (SSSR count). The number of thioether (sulfide) groups is 1. The van der Waals surface area contributed by atoms with Gasteiger partial charge in [0.2, 0.25) is 5.91 Å². The lowest BCUT2D eigenvalue weighted by molar-refractivity contribution is -0.118. The molecule has 5 nitrogen and oxygen atoms in total. The summed E-state index contributed by atoms with van der Waals surface area (Å²) in [6.45, 7) is 6.96. The Labute approximate surface area is 158 Å². The van der Waals surface area contributed by atoms with Gasteiger partial charge in [-0.2, -0.15) is 0 Å². The Kier molecular flexibility index (Phi) is 5.61. The Morgan fingerprint density at radius 1 is 1.40 bits per heavy atom. The van der Waals surface area contributed by atoms with E-state index in [0.29, 0.717) is 23.6 Å². The molecule has 132 valence electrons. The van der Waals surface area contributed by atoms with Gasteiger partial charge in [0, 0.05) is 16.3 Å². The molecule has 0 saturated carbocycles. The van der Waals surface area contributed by atoms with E-state index in [4.69, 9.17) is 0 Å². The van der Waals surface area contributed by atoms with E-state index in [-0.39, 0.29) is 17.2 Å². The maximum Gasteiger partial charge on any atom is 0.263 e. The Morgan fingerprint density at radius 2 is 2.20 bits per heavy atom. The van der Waals surface area contributed by atoms with Gasteiger partial charge in [-0.25, -0.2) is 4.98 Å². The summed E-state index contributed by atoms with van der Waals surface area (Å²) in [4.78, 5) is 32.5. The monoisotopic (exact) mass is 393 g/mol. The Balaban J connectivity index is 1.76. The number of rotatable bonds is 6. The van der Waals surface area contributed by atoms with E-state index in [2.05, 4.69) is 10.3 Å². The van der Waals surface area contributed by atoms with Crippen LogP contribution in [0.4, 0.5) is 0 Å². The highest BCUT2D eigenvalue weighted by atomic mass is 32.2. The maximum absolute atomic E-state index is 12.8. The molecule has 0 saturated heterocycles. The molecule has 0 aromatic carbocycles. The number of thiophene rings is 2. The first kappa shape index (κ1) is 18.2. The minimum absolute atomic E-state index is 0.0177. The predicted octanol–water partition coefficient (Wildman–Crippen LogP) is 3.56. The third-order valence-corrected chi connectivity index (χ3v) is 6.90. The first-order valence-electron chi connectivity index (χ1n) is 7.93. The Hall–Kier alpha value is -1.64. The topological polar surface area (TPSA) is 64.0 Å². The molecule has 0 fully saturated rings. The van der Waals surface area contributed by atoms with Crippen LogP contribution >= 0.6 is 34.4 Å². The number of fused-ring (bicyclic) bond motifs is 1. The molecule has 0 unspecified atom stereocenters. The first-order chi connectivity index (χ1) is 12.0. The highest BCUT2D eigenvalue weighted by Gasteiger charge is 2.16. The van der Waals surface area contributed by atoms with Crippen molar-refractivity contribution < 1.29 is 4.79 Å². The van der Waals surface area contributed by atoms with Crippen molar-refractivity contribution in [2.75, 3.05) is 5.75 Å². The third kappa shape index (κ3) is 3.80. The van der Waals surface area contributed by atoms with Gasteiger partial charge in [0.15, 0.2) is 5.16 Å². The average Bonchev–Trinajstić information content (AvgIpc) is 3.20. The minimum Gasteiger partial charge on any atom is -0.350 e. The summed E-state index contributed by atoms with van der Waals surface area (Å²) >= 11 is 4.46. The van der Waals surface area contributed by atoms with Crippen molar-refractivity contribution in [3.63, 3.8) is 0 Å². The number of nitrogens with zero attached hydrogens (tertiary/aromatic N) is 2. The van der Waals surface area contributed by atoms with Crippen LogP contribution in [0.1, 0.15) is 22.2 Å². The summed E-state index contributed by atoms with van der Waals surface area (Å²) in [6.07, 6.45) is 0. The lowest BCUT2D eigenvalue weighted by atomic mass is 10.2. The van der Waals surface area contributed by atoms with Crippen molar-refractivity contribution in [2.45, 2.75) is 39.0 Å². The quantitative estimate of drug-likeness (QED) is 0.514. The fourth-order valence-electron chi connectivity index (χ4n) is 2.48. The number of nitrogens with one attached hydrogen (secondary N) is 1. The van der Waals surface area contributed by atoms with Crippen molar-refractivity contribution in [3.8, 4) is 0 Å². The number of hydrogen-bond acceptors (Lipinski definition) is 6. The third-order valence-electron chi connectivity index (χ3n) is 3.94. The second-order valence-corrected chi connectivity index (χ2v) is 8.73. The van der Waals surface area contributed by atoms with E-state index >= 15 is 0 Å². The van der Waals surface area contributed by atoms with Gasteiger partial charge < -0.3 is 5.32 Å². The van der Waals surface area contributed by atoms with Gasteiger partial charge in [-0.15, -0.1) is 22.7 Å². The number of aromatic nitrogens is 2. The van der Waals surface area contributed by atoms with Crippen LogP contribution in [0.15, 0.2) is 27.5 Å². The number of hydrogen-bond donors (Lipinski definition) is 1. The normalized spacial score (nSPS) is 11.2. The second-order valence-electron chi connectivity index (χ2n) is 5.55. The largest absolute Gasteiger partial charge is 0.350 e. The summed E-state index contributed by atoms with van der Waals surface area (Å²) in [5, 5.41) is 6.19. The van der Waals surface area contributed by atoms with E-state index < -0.39 is 0 Å². The average molecular weight is 394 g/mol. The highest BCUT2D eigenvalue weighted by Crippen LogP contribution is 2.28. The second kappa shape index (κ2) is 7.72. The van der Waals surface area contributed by atoms with Crippen molar-refractivity contribution >= 4 is 50.6 Å². The standard InChI is InChI=1S/C17H19N3O2S3/c1-4-20-16(22)14-10(2)11(3)25-15(14)19-17(20)24-9-13(21)18-8-12-6-5-7-23-12/h5-7H,4,8-9H2,1-3H3,(H,18,21). The van der Waals surface area contributed by atoms with Crippen LogP contribution in [0, 0.1) is 13.8 Å². The number of carbonyl (C=O) groups is 1. The molecule has 0 radical (unpaired) electrons. The molecule has 1 N–H and O–H groups in total. The molecule has 0 spiro atoms. The fourth-order valence-corrected chi connectivity index (χ4v) is 5.09. The molecule has 0 aliphatic rings. The van der Waals surface area contributed by atoms with Gasteiger partial charge in [0.25, 0.3) is 5.56 Å². The van der Waals surface area contributed by atoms with Gasteiger partial charge in [0.1, 0.15) is 4.83 Å². The molecule has 8 heteroatoms. The number of amides is 1. The SMILES string of the molecule is CCn1c(SCC(=O)NCc2cccs2)nc2sc(C)c(C)c2c1=O. The smallest absolute Gasteiger partial charge is 0.263 e.